The predicted molar refractivity (Wildman–Crippen MR) is 49.2 cm³/mol. The lowest BCUT2D eigenvalue weighted by Crippen LogP contribution is -2.29. The second-order valence-electron chi connectivity index (χ2n) is 2.99. The number of amides is 1. The minimum Gasteiger partial charge on any atom is -0.351 e. The molecule has 1 aromatic heterocycles. The molecule has 1 rings (SSSR count). The fourth-order valence-electron chi connectivity index (χ4n) is 0.891. The number of nitrogens with two attached hydrogens (primary N) is 1. The number of hydrogen-bond acceptors (Lipinski definition) is 3. The molecule has 1 heterocycles. The highest BCUT2D eigenvalue weighted by Crippen LogP contribution is 1.91. The molecule has 0 fully saturated rings. The van der Waals surface area contributed by atoms with Crippen LogP contribution in [0, 0.1) is 0 Å². The van der Waals surface area contributed by atoms with E-state index in [2.05, 4.69) is 15.5 Å². The molecule has 0 spiro atoms. The van der Waals surface area contributed by atoms with E-state index in [-0.39, 0.29) is 11.9 Å². The molecule has 0 radical (unpaired) electrons. The predicted octanol–water partition coefficient (Wildman–Crippen LogP) is -0.123. The second kappa shape index (κ2) is 4.61. The number of rotatable bonds is 4. The zero-order chi connectivity index (χ0) is 9.68. The third-order valence-corrected chi connectivity index (χ3v) is 1.63. The summed E-state index contributed by atoms with van der Waals surface area (Å²) in [6, 6.07) is 1.74. The van der Waals surface area contributed by atoms with Crippen LogP contribution in [-0.4, -0.2) is 28.7 Å². The van der Waals surface area contributed by atoms with E-state index in [1.165, 1.54) is 0 Å². The molecule has 0 aliphatic heterocycles. The van der Waals surface area contributed by atoms with Gasteiger partial charge < -0.3 is 11.1 Å². The number of nitrogens with one attached hydrogen (secondary N) is 2. The van der Waals surface area contributed by atoms with E-state index < -0.39 is 0 Å². The molecular formula is C8H14N4O. The van der Waals surface area contributed by atoms with Crippen molar-refractivity contribution in [1.29, 1.82) is 0 Å². The average molecular weight is 182 g/mol. The molecule has 1 unspecified atom stereocenters. The number of H-pyrrole nitrogens is 1. The topological polar surface area (TPSA) is 83.8 Å². The van der Waals surface area contributed by atoms with E-state index in [1.54, 1.807) is 12.3 Å². The van der Waals surface area contributed by atoms with Gasteiger partial charge in [0.2, 0.25) is 0 Å². The van der Waals surface area contributed by atoms with Crippen molar-refractivity contribution in [3.05, 3.63) is 18.0 Å². The fraction of sp³-hybridized carbons (Fsp3) is 0.500. The van der Waals surface area contributed by atoms with Crippen LogP contribution in [0.3, 0.4) is 0 Å². The summed E-state index contributed by atoms with van der Waals surface area (Å²) in [7, 11) is 0. The summed E-state index contributed by atoms with van der Waals surface area (Å²) < 4.78 is 0. The van der Waals surface area contributed by atoms with Crippen LogP contribution in [0.25, 0.3) is 0 Å². The average Bonchev–Trinajstić information content (AvgIpc) is 2.55. The van der Waals surface area contributed by atoms with E-state index >= 15 is 0 Å². The molecule has 5 heteroatoms. The van der Waals surface area contributed by atoms with E-state index in [4.69, 9.17) is 5.73 Å². The van der Waals surface area contributed by atoms with Crippen molar-refractivity contribution >= 4 is 5.91 Å². The van der Waals surface area contributed by atoms with Gasteiger partial charge in [-0.3, -0.25) is 9.89 Å². The van der Waals surface area contributed by atoms with Gasteiger partial charge in [0.05, 0.1) is 0 Å². The van der Waals surface area contributed by atoms with E-state index in [0.29, 0.717) is 12.2 Å². The van der Waals surface area contributed by atoms with Gasteiger partial charge in [0.25, 0.3) is 5.91 Å². The van der Waals surface area contributed by atoms with Crippen molar-refractivity contribution in [2.24, 2.45) is 5.73 Å². The summed E-state index contributed by atoms with van der Waals surface area (Å²) in [6.45, 7) is 2.50. The molecule has 4 N–H and O–H groups in total. The van der Waals surface area contributed by atoms with Crippen molar-refractivity contribution in [3.63, 3.8) is 0 Å². The molecule has 0 saturated heterocycles. The Morgan fingerprint density at radius 3 is 3.15 bits per heavy atom. The first-order valence-corrected chi connectivity index (χ1v) is 4.23. The van der Waals surface area contributed by atoms with Crippen LogP contribution in [0.5, 0.6) is 0 Å². The van der Waals surface area contributed by atoms with Gasteiger partial charge in [-0.25, -0.2) is 0 Å². The molecule has 0 aromatic carbocycles. The van der Waals surface area contributed by atoms with Crippen molar-refractivity contribution in [2.75, 3.05) is 6.54 Å². The molecule has 72 valence electrons. The van der Waals surface area contributed by atoms with E-state index in [0.717, 1.165) is 6.42 Å². The largest absolute Gasteiger partial charge is 0.351 e. The molecule has 0 saturated carbocycles. The summed E-state index contributed by atoms with van der Waals surface area (Å²) in [5.41, 5.74) is 6.00. The van der Waals surface area contributed by atoms with Gasteiger partial charge in [-0.1, -0.05) is 0 Å². The molecular weight excluding hydrogens is 168 g/mol. The van der Waals surface area contributed by atoms with Gasteiger partial charge in [0, 0.05) is 18.8 Å². The maximum atomic E-state index is 11.3. The van der Waals surface area contributed by atoms with Crippen LogP contribution in [0.2, 0.25) is 0 Å². The highest BCUT2D eigenvalue weighted by Gasteiger charge is 2.05. The Labute approximate surface area is 76.7 Å². The highest BCUT2D eigenvalue weighted by molar-refractivity contribution is 5.91. The highest BCUT2D eigenvalue weighted by atomic mass is 16.1. The number of hydrogen-bond donors (Lipinski definition) is 3. The molecule has 13 heavy (non-hydrogen) atoms. The smallest absolute Gasteiger partial charge is 0.269 e. The summed E-state index contributed by atoms with van der Waals surface area (Å²) in [6.07, 6.45) is 2.32. The summed E-state index contributed by atoms with van der Waals surface area (Å²) >= 11 is 0. The van der Waals surface area contributed by atoms with Gasteiger partial charge in [0.15, 0.2) is 0 Å². The van der Waals surface area contributed by atoms with Crippen LogP contribution in [0.4, 0.5) is 0 Å². The lowest BCUT2D eigenvalue weighted by Gasteiger charge is -2.05. The Kier molecular flexibility index (Phi) is 3.45. The van der Waals surface area contributed by atoms with E-state index in [1.807, 2.05) is 6.92 Å². The monoisotopic (exact) mass is 182 g/mol. The summed E-state index contributed by atoms with van der Waals surface area (Å²) in [4.78, 5) is 11.3. The standard InChI is InChI=1S/C8H14N4O/c1-6(9)2-4-10-8(13)7-3-5-11-12-7/h3,5-6H,2,4,9H2,1H3,(H,10,13)(H,11,12). The number of aromatic nitrogens is 2. The third-order valence-electron chi connectivity index (χ3n) is 1.63. The van der Waals surface area contributed by atoms with Gasteiger partial charge in [-0.05, 0) is 19.4 Å². The SMILES string of the molecule is CC(N)CCNC(=O)c1ccn[nH]1. The van der Waals surface area contributed by atoms with Gasteiger partial charge in [-0.2, -0.15) is 5.10 Å². The van der Waals surface area contributed by atoms with Crippen LogP contribution >= 0.6 is 0 Å². The first-order chi connectivity index (χ1) is 6.20. The molecule has 0 bridgehead atoms. The maximum Gasteiger partial charge on any atom is 0.269 e. The van der Waals surface area contributed by atoms with Crippen molar-refractivity contribution in [1.82, 2.24) is 15.5 Å². The van der Waals surface area contributed by atoms with Crippen molar-refractivity contribution in [2.45, 2.75) is 19.4 Å². The molecule has 1 amide bonds. The van der Waals surface area contributed by atoms with Crippen LogP contribution < -0.4 is 11.1 Å². The van der Waals surface area contributed by atoms with Gasteiger partial charge >= 0.3 is 0 Å². The van der Waals surface area contributed by atoms with Crippen molar-refractivity contribution in [3.8, 4) is 0 Å². The Morgan fingerprint density at radius 2 is 2.62 bits per heavy atom. The molecule has 0 aliphatic carbocycles. The number of carbonyl (C=O) groups is 1. The molecule has 0 aliphatic rings. The third kappa shape index (κ3) is 3.25. The second-order valence-corrected chi connectivity index (χ2v) is 2.99. The van der Waals surface area contributed by atoms with Crippen LogP contribution in [0.1, 0.15) is 23.8 Å². The Morgan fingerprint density at radius 1 is 1.85 bits per heavy atom. The number of carbonyl (C=O) groups excluding carboxylic acids is 1. The quantitative estimate of drug-likeness (QED) is 0.606. The first kappa shape index (κ1) is 9.73. The molecule has 5 nitrogen and oxygen atoms in total. The summed E-state index contributed by atoms with van der Waals surface area (Å²) in [5.74, 6) is -0.141. The van der Waals surface area contributed by atoms with E-state index in [9.17, 15) is 4.79 Å². The normalized spacial score (nSPS) is 12.5. The Bertz CT molecular complexity index is 255. The van der Waals surface area contributed by atoms with Crippen molar-refractivity contribution < 1.29 is 4.79 Å². The molecule has 1 aromatic rings. The Balaban J connectivity index is 2.27. The minimum absolute atomic E-state index is 0.113. The zero-order valence-corrected chi connectivity index (χ0v) is 7.58. The van der Waals surface area contributed by atoms with Gasteiger partial charge in [-0.15, -0.1) is 0 Å². The molecule has 1 atom stereocenters. The number of nitrogens with zero attached hydrogens (tertiary/aromatic N) is 1. The van der Waals surface area contributed by atoms with Crippen LogP contribution in [0.15, 0.2) is 12.3 Å². The Hall–Kier alpha value is -1.36. The number of aromatic amines is 1. The fourth-order valence-corrected chi connectivity index (χ4v) is 0.891. The van der Waals surface area contributed by atoms with Gasteiger partial charge in [0.1, 0.15) is 5.69 Å². The van der Waals surface area contributed by atoms with Crippen LogP contribution in [-0.2, 0) is 0 Å². The zero-order valence-electron chi connectivity index (χ0n) is 7.58. The first-order valence-electron chi connectivity index (χ1n) is 4.23. The minimum atomic E-state index is -0.141. The lowest BCUT2D eigenvalue weighted by molar-refractivity contribution is 0.0948. The maximum absolute atomic E-state index is 11.3. The lowest BCUT2D eigenvalue weighted by atomic mass is 10.2. The summed E-state index contributed by atoms with van der Waals surface area (Å²) in [5, 5.41) is 8.98.